The van der Waals surface area contributed by atoms with Crippen LogP contribution in [0.5, 0.6) is 5.75 Å². The van der Waals surface area contributed by atoms with Crippen molar-refractivity contribution in [2.45, 2.75) is 38.8 Å². The van der Waals surface area contributed by atoms with E-state index in [0.29, 0.717) is 34.3 Å². The summed E-state index contributed by atoms with van der Waals surface area (Å²) in [5.41, 5.74) is 0. The first-order valence-electron chi connectivity index (χ1n) is 7.47. The van der Waals surface area contributed by atoms with Crippen LogP contribution in [0.3, 0.4) is 0 Å². The van der Waals surface area contributed by atoms with Crippen LogP contribution < -0.4 is 10.1 Å². The summed E-state index contributed by atoms with van der Waals surface area (Å²) in [7, 11) is 0. The molecule has 0 bridgehead atoms. The molecule has 1 aliphatic carbocycles. The molecule has 118 valence electrons. The third-order valence-electron chi connectivity index (χ3n) is 4.42. The van der Waals surface area contributed by atoms with Crippen molar-refractivity contribution in [1.29, 1.82) is 0 Å². The molecule has 2 rings (SSSR count). The van der Waals surface area contributed by atoms with Gasteiger partial charge in [0.1, 0.15) is 12.7 Å². The standard InChI is InChI=1S/C16H23Cl2NO2/c1-10-6-7-15(11(10)2)19-8-12(20)9-21-16-13(17)4-3-5-14(16)18/h3-5,10-12,15,19-20H,6-9H2,1-2H3. The molecule has 0 aromatic heterocycles. The third-order valence-corrected chi connectivity index (χ3v) is 5.02. The van der Waals surface area contributed by atoms with Crippen molar-refractivity contribution < 1.29 is 9.84 Å². The van der Waals surface area contributed by atoms with Crippen molar-refractivity contribution >= 4 is 23.2 Å². The largest absolute Gasteiger partial charge is 0.488 e. The summed E-state index contributed by atoms with van der Waals surface area (Å²) in [6, 6.07) is 5.68. The summed E-state index contributed by atoms with van der Waals surface area (Å²) < 4.78 is 5.54. The molecule has 0 heterocycles. The molecule has 4 atom stereocenters. The van der Waals surface area contributed by atoms with Gasteiger partial charge < -0.3 is 15.2 Å². The number of halogens is 2. The molecule has 0 aliphatic heterocycles. The van der Waals surface area contributed by atoms with Gasteiger partial charge in [-0.2, -0.15) is 0 Å². The van der Waals surface area contributed by atoms with E-state index in [9.17, 15) is 5.11 Å². The predicted molar refractivity (Wildman–Crippen MR) is 87.3 cm³/mol. The zero-order valence-corrected chi connectivity index (χ0v) is 14.0. The Morgan fingerprint density at radius 2 is 1.95 bits per heavy atom. The zero-order chi connectivity index (χ0) is 15.4. The number of aliphatic hydroxyl groups excluding tert-OH is 1. The Morgan fingerprint density at radius 1 is 1.29 bits per heavy atom. The Balaban J connectivity index is 1.76. The molecule has 4 unspecified atom stereocenters. The normalized spacial score (nSPS) is 26.8. The van der Waals surface area contributed by atoms with Gasteiger partial charge in [-0.3, -0.25) is 0 Å². The zero-order valence-electron chi connectivity index (χ0n) is 12.5. The first kappa shape index (κ1) is 16.9. The summed E-state index contributed by atoms with van der Waals surface area (Å²) in [5, 5.41) is 14.4. The maximum atomic E-state index is 10.0. The van der Waals surface area contributed by atoms with Crippen LogP contribution in [0.2, 0.25) is 10.0 Å². The van der Waals surface area contributed by atoms with E-state index in [1.54, 1.807) is 18.2 Å². The molecular weight excluding hydrogens is 309 g/mol. The lowest BCUT2D eigenvalue weighted by atomic mass is 9.98. The van der Waals surface area contributed by atoms with E-state index in [-0.39, 0.29) is 6.61 Å². The minimum atomic E-state index is -0.583. The van der Waals surface area contributed by atoms with Gasteiger partial charge in [0.15, 0.2) is 5.75 Å². The van der Waals surface area contributed by atoms with Crippen LogP contribution in [0, 0.1) is 11.8 Å². The predicted octanol–water partition coefficient (Wildman–Crippen LogP) is 3.76. The van der Waals surface area contributed by atoms with E-state index >= 15 is 0 Å². The molecule has 0 spiro atoms. The monoisotopic (exact) mass is 331 g/mol. The van der Waals surface area contributed by atoms with Crippen LogP contribution >= 0.6 is 23.2 Å². The Bertz CT molecular complexity index is 449. The van der Waals surface area contributed by atoms with Gasteiger partial charge in [0.05, 0.1) is 10.0 Å². The van der Waals surface area contributed by atoms with Crippen LogP contribution in [-0.2, 0) is 0 Å². The van der Waals surface area contributed by atoms with Crippen LogP contribution in [-0.4, -0.2) is 30.4 Å². The number of aliphatic hydroxyl groups is 1. The molecular formula is C16H23Cl2NO2. The topological polar surface area (TPSA) is 41.5 Å². The van der Waals surface area contributed by atoms with Gasteiger partial charge in [-0.25, -0.2) is 0 Å². The van der Waals surface area contributed by atoms with E-state index in [2.05, 4.69) is 19.2 Å². The van der Waals surface area contributed by atoms with E-state index in [1.807, 2.05) is 0 Å². The van der Waals surface area contributed by atoms with Crippen molar-refractivity contribution in [2.24, 2.45) is 11.8 Å². The van der Waals surface area contributed by atoms with Gasteiger partial charge in [0, 0.05) is 12.6 Å². The van der Waals surface area contributed by atoms with Gasteiger partial charge in [-0.15, -0.1) is 0 Å². The van der Waals surface area contributed by atoms with Crippen LogP contribution in [0.25, 0.3) is 0 Å². The highest BCUT2D eigenvalue weighted by Gasteiger charge is 2.29. The van der Waals surface area contributed by atoms with Crippen LogP contribution in [0.15, 0.2) is 18.2 Å². The Hall–Kier alpha value is -0.480. The lowest BCUT2D eigenvalue weighted by Gasteiger charge is -2.22. The second-order valence-electron chi connectivity index (χ2n) is 5.94. The molecule has 1 aliphatic rings. The highest BCUT2D eigenvalue weighted by Crippen LogP contribution is 2.32. The Labute approximate surface area is 136 Å². The number of hydrogen-bond donors (Lipinski definition) is 2. The van der Waals surface area contributed by atoms with Gasteiger partial charge in [0.25, 0.3) is 0 Å². The van der Waals surface area contributed by atoms with Crippen molar-refractivity contribution in [3.05, 3.63) is 28.2 Å². The summed E-state index contributed by atoms with van der Waals surface area (Å²) in [5.74, 6) is 1.83. The Morgan fingerprint density at radius 3 is 2.52 bits per heavy atom. The molecule has 1 saturated carbocycles. The second kappa shape index (κ2) is 7.68. The van der Waals surface area contributed by atoms with Crippen LogP contribution in [0.4, 0.5) is 0 Å². The van der Waals surface area contributed by atoms with Crippen molar-refractivity contribution in [3.8, 4) is 5.75 Å². The number of para-hydroxylation sites is 1. The first-order valence-corrected chi connectivity index (χ1v) is 8.23. The molecule has 3 nitrogen and oxygen atoms in total. The maximum absolute atomic E-state index is 10.0. The van der Waals surface area contributed by atoms with E-state index in [0.717, 1.165) is 5.92 Å². The van der Waals surface area contributed by atoms with Crippen LogP contribution in [0.1, 0.15) is 26.7 Å². The lowest BCUT2D eigenvalue weighted by Crippen LogP contribution is -2.39. The average Bonchev–Trinajstić information content (AvgIpc) is 2.76. The molecule has 0 radical (unpaired) electrons. The summed E-state index contributed by atoms with van der Waals surface area (Å²) in [4.78, 5) is 0. The lowest BCUT2D eigenvalue weighted by molar-refractivity contribution is 0.102. The summed E-state index contributed by atoms with van der Waals surface area (Å²) in [6.45, 7) is 5.24. The quantitative estimate of drug-likeness (QED) is 0.833. The molecule has 2 N–H and O–H groups in total. The Kier molecular flexibility index (Phi) is 6.18. The molecule has 1 aromatic carbocycles. The number of rotatable bonds is 6. The van der Waals surface area contributed by atoms with Gasteiger partial charge in [-0.05, 0) is 36.8 Å². The van der Waals surface area contributed by atoms with Gasteiger partial charge in [0.2, 0.25) is 0 Å². The third kappa shape index (κ3) is 4.49. The highest BCUT2D eigenvalue weighted by atomic mass is 35.5. The molecule has 21 heavy (non-hydrogen) atoms. The number of benzene rings is 1. The van der Waals surface area contributed by atoms with Crippen molar-refractivity contribution in [3.63, 3.8) is 0 Å². The van der Waals surface area contributed by atoms with Gasteiger partial charge >= 0.3 is 0 Å². The fourth-order valence-corrected chi connectivity index (χ4v) is 3.31. The molecule has 1 fully saturated rings. The smallest absolute Gasteiger partial charge is 0.156 e. The molecule has 1 aromatic rings. The maximum Gasteiger partial charge on any atom is 0.156 e. The second-order valence-corrected chi connectivity index (χ2v) is 6.76. The minimum absolute atomic E-state index is 0.174. The molecule has 5 heteroatoms. The summed E-state index contributed by atoms with van der Waals surface area (Å²) in [6.07, 6.45) is 1.84. The van der Waals surface area contributed by atoms with E-state index < -0.39 is 6.10 Å². The van der Waals surface area contributed by atoms with Crippen molar-refractivity contribution in [1.82, 2.24) is 5.32 Å². The number of hydrogen-bond acceptors (Lipinski definition) is 3. The minimum Gasteiger partial charge on any atom is -0.488 e. The van der Waals surface area contributed by atoms with Crippen molar-refractivity contribution in [2.75, 3.05) is 13.2 Å². The number of nitrogens with one attached hydrogen (secondary N) is 1. The summed E-state index contributed by atoms with van der Waals surface area (Å²) >= 11 is 12.0. The van der Waals surface area contributed by atoms with E-state index in [1.165, 1.54) is 12.8 Å². The SMILES string of the molecule is CC1CCC(NCC(O)COc2c(Cl)cccc2Cl)C1C. The fraction of sp³-hybridized carbons (Fsp3) is 0.625. The average molecular weight is 332 g/mol. The first-order chi connectivity index (χ1) is 9.99. The highest BCUT2D eigenvalue weighted by molar-refractivity contribution is 6.37. The molecule has 0 amide bonds. The van der Waals surface area contributed by atoms with Gasteiger partial charge in [-0.1, -0.05) is 43.1 Å². The molecule has 0 saturated heterocycles. The van der Waals surface area contributed by atoms with E-state index in [4.69, 9.17) is 27.9 Å². The number of ether oxygens (including phenoxy) is 1. The fourth-order valence-electron chi connectivity index (χ4n) is 2.80.